The van der Waals surface area contributed by atoms with Gasteiger partial charge in [0.15, 0.2) is 0 Å². The minimum atomic E-state index is -0.701. The highest BCUT2D eigenvalue weighted by atomic mass is 16.5. The third-order valence-electron chi connectivity index (χ3n) is 10.2. The third kappa shape index (κ3) is 7.65. The minimum Gasteiger partial charge on any atom is -0.453 e. The van der Waals surface area contributed by atoms with Gasteiger partial charge in [-0.3, -0.25) is 9.59 Å². The zero-order valence-electron chi connectivity index (χ0n) is 31.4. The first-order valence-electron chi connectivity index (χ1n) is 18.2. The number of benzene rings is 2. The number of aromatic amines is 1. The number of ether oxygens (including phenoxy) is 2. The summed E-state index contributed by atoms with van der Waals surface area (Å²) in [4.78, 5) is 68.0. The average molecular weight is 725 g/mol. The zero-order chi connectivity index (χ0) is 38.0. The molecule has 2 aromatic heterocycles. The Kier molecular flexibility index (Phi) is 10.9. The molecule has 0 spiro atoms. The van der Waals surface area contributed by atoms with Crippen LogP contribution in [-0.2, 0) is 26.1 Å². The minimum absolute atomic E-state index is 0.116. The molecule has 0 aliphatic carbocycles. The van der Waals surface area contributed by atoms with Gasteiger partial charge in [0.2, 0.25) is 11.8 Å². The number of hydrogen-bond acceptors (Lipinski definition) is 8. The smallest absolute Gasteiger partial charge is 0.407 e. The molecule has 4 aromatic rings. The molecule has 4 heterocycles. The average Bonchev–Trinajstić information content (AvgIpc) is 3.96. The highest BCUT2D eigenvalue weighted by Gasteiger charge is 2.39. The second-order valence-electron chi connectivity index (χ2n) is 14.4. The summed E-state index contributed by atoms with van der Waals surface area (Å²) < 4.78 is 11.6. The Balaban J connectivity index is 1.20. The molecular weight excluding hydrogens is 676 g/mol. The largest absolute Gasteiger partial charge is 0.453 e. The lowest BCUT2D eigenvalue weighted by atomic mass is 10.0. The van der Waals surface area contributed by atoms with E-state index in [1.165, 1.54) is 14.2 Å². The predicted molar refractivity (Wildman–Crippen MR) is 198 cm³/mol. The number of aromatic nitrogens is 4. The highest BCUT2D eigenvalue weighted by molar-refractivity contribution is 5.87. The quantitative estimate of drug-likeness (QED) is 0.215. The Bertz CT molecular complexity index is 2090. The van der Waals surface area contributed by atoms with Crippen LogP contribution in [0.15, 0.2) is 36.4 Å². The summed E-state index contributed by atoms with van der Waals surface area (Å²) >= 11 is 0. The molecule has 0 radical (unpaired) electrons. The zero-order valence-corrected chi connectivity index (χ0v) is 31.4. The Morgan fingerprint density at radius 1 is 0.774 bits per heavy atom. The van der Waals surface area contributed by atoms with Gasteiger partial charge in [-0.05, 0) is 73.9 Å². The van der Waals surface area contributed by atoms with E-state index in [2.05, 4.69) is 27.5 Å². The fourth-order valence-electron chi connectivity index (χ4n) is 7.36. The summed E-state index contributed by atoms with van der Waals surface area (Å²) in [6, 6.07) is 9.85. The first-order valence-corrected chi connectivity index (χ1v) is 18.2. The van der Waals surface area contributed by atoms with E-state index in [1.807, 2.05) is 80.6 Å². The number of amides is 4. The molecule has 6 rings (SSSR count). The molecule has 2 aromatic carbocycles. The molecule has 0 saturated carbocycles. The Morgan fingerprint density at radius 2 is 1.30 bits per heavy atom. The number of H-pyrrole nitrogens is 1. The molecule has 4 amide bonds. The van der Waals surface area contributed by atoms with E-state index < -0.39 is 24.3 Å². The van der Waals surface area contributed by atoms with Crippen LogP contribution in [0, 0.1) is 23.7 Å². The van der Waals surface area contributed by atoms with Crippen LogP contribution in [0.3, 0.4) is 0 Å². The second kappa shape index (κ2) is 15.6. The van der Waals surface area contributed by atoms with E-state index >= 15 is 0 Å². The van der Waals surface area contributed by atoms with Crippen molar-refractivity contribution in [2.45, 2.75) is 77.5 Å². The van der Waals surface area contributed by atoms with E-state index in [1.54, 1.807) is 4.90 Å². The molecule has 280 valence electrons. The maximum Gasteiger partial charge on any atom is 0.407 e. The maximum atomic E-state index is 13.7. The van der Waals surface area contributed by atoms with E-state index in [0.717, 1.165) is 64.7 Å². The summed E-state index contributed by atoms with van der Waals surface area (Å²) in [6.45, 7) is 8.75. The molecule has 53 heavy (non-hydrogen) atoms. The summed E-state index contributed by atoms with van der Waals surface area (Å²) in [5.41, 5.74) is 4.95. The van der Waals surface area contributed by atoms with Crippen molar-refractivity contribution in [1.29, 1.82) is 0 Å². The van der Waals surface area contributed by atoms with E-state index in [4.69, 9.17) is 19.4 Å². The number of aryl methyl sites for hydroxylation is 1. The Labute approximate surface area is 309 Å². The van der Waals surface area contributed by atoms with Gasteiger partial charge < -0.3 is 39.5 Å². The molecular formula is C39H48N8O6. The van der Waals surface area contributed by atoms with Gasteiger partial charge in [-0.2, -0.15) is 0 Å². The monoisotopic (exact) mass is 724 g/mol. The lowest BCUT2D eigenvalue weighted by Gasteiger charge is -2.30. The molecule has 2 aliphatic rings. The van der Waals surface area contributed by atoms with Gasteiger partial charge in [-0.15, -0.1) is 0 Å². The van der Waals surface area contributed by atoms with Gasteiger partial charge in [0.25, 0.3) is 0 Å². The Hall–Kier alpha value is -5.58. The summed E-state index contributed by atoms with van der Waals surface area (Å²) in [5.74, 6) is 7.53. The lowest BCUT2D eigenvalue weighted by Crippen LogP contribution is -2.51. The molecule has 2 fully saturated rings. The van der Waals surface area contributed by atoms with Crippen molar-refractivity contribution in [3.8, 4) is 11.8 Å². The van der Waals surface area contributed by atoms with E-state index in [9.17, 15) is 19.2 Å². The van der Waals surface area contributed by atoms with Crippen LogP contribution in [0.25, 0.3) is 22.1 Å². The van der Waals surface area contributed by atoms with E-state index in [-0.39, 0.29) is 35.7 Å². The number of likely N-dealkylation sites (tertiary alicyclic amines) is 2. The number of nitrogens with zero attached hydrogens (tertiary/aromatic N) is 5. The molecule has 0 unspecified atom stereocenters. The van der Waals surface area contributed by atoms with Gasteiger partial charge in [-0.1, -0.05) is 39.5 Å². The summed E-state index contributed by atoms with van der Waals surface area (Å²) in [5, 5.41) is 5.39. The standard InChI is InChI=1S/C39H48N8O6/c1-22(2)32(43-38(50)52-6)36(48)46-18-8-10-29(46)34-40-26-16-14-24(20-28(26)41-34)12-13-25-15-17-27-31(21-25)45(5)35(42-27)30-11-9-19-47(30)37(49)33(23(3)4)44-39(51)53-7/h14-17,20-23,29-30,32-33H,8-11,18-19H2,1-7H3,(H,40,41)(H,43,50)(H,44,51)/t29-,30-,32-,33-/m0/s1. The van der Waals surface area contributed by atoms with Gasteiger partial charge >= 0.3 is 12.2 Å². The highest BCUT2D eigenvalue weighted by Crippen LogP contribution is 2.35. The van der Waals surface area contributed by atoms with Crippen molar-refractivity contribution in [3.05, 3.63) is 59.2 Å². The third-order valence-corrected chi connectivity index (χ3v) is 10.2. The topological polar surface area (TPSA) is 164 Å². The normalized spacial score (nSPS) is 18.3. The number of rotatable bonds is 8. The first-order chi connectivity index (χ1) is 25.4. The molecule has 2 aliphatic heterocycles. The van der Waals surface area contributed by atoms with Crippen molar-refractivity contribution in [2.24, 2.45) is 18.9 Å². The van der Waals surface area contributed by atoms with Crippen LogP contribution in [0.4, 0.5) is 9.59 Å². The molecule has 4 atom stereocenters. The number of hydrogen-bond donors (Lipinski definition) is 3. The number of carbonyl (C=O) groups excluding carboxylic acids is 4. The number of alkyl carbamates (subject to hydrolysis) is 2. The van der Waals surface area contributed by atoms with Gasteiger partial charge in [0.05, 0.1) is 48.4 Å². The lowest BCUT2D eigenvalue weighted by molar-refractivity contribution is -0.136. The molecule has 14 nitrogen and oxygen atoms in total. The fourth-order valence-corrected chi connectivity index (χ4v) is 7.36. The first kappa shape index (κ1) is 37.2. The SMILES string of the molecule is COC(=O)N[C@H](C(=O)N1CCC[C@H]1c1nc2ccc(C#Cc3ccc4nc([C@@H]5CCCN5C(=O)[C@@H](NC(=O)OC)C(C)C)n(C)c4c3)cc2[nH]1)C(C)C. The van der Waals surface area contributed by atoms with Crippen molar-refractivity contribution < 1.29 is 28.7 Å². The maximum absolute atomic E-state index is 13.7. The van der Waals surface area contributed by atoms with Crippen LogP contribution >= 0.6 is 0 Å². The summed E-state index contributed by atoms with van der Waals surface area (Å²) in [7, 11) is 4.53. The predicted octanol–water partition coefficient (Wildman–Crippen LogP) is 4.94. The van der Waals surface area contributed by atoms with Crippen LogP contribution < -0.4 is 10.6 Å². The molecule has 0 bridgehead atoms. The molecule has 14 heteroatoms. The molecule has 2 saturated heterocycles. The van der Waals surface area contributed by atoms with Crippen LogP contribution in [0.2, 0.25) is 0 Å². The van der Waals surface area contributed by atoms with Crippen LogP contribution in [0.1, 0.15) is 88.2 Å². The van der Waals surface area contributed by atoms with Crippen LogP contribution in [-0.4, -0.2) is 92.7 Å². The number of carbonyl (C=O) groups is 4. The summed E-state index contributed by atoms with van der Waals surface area (Å²) in [6.07, 6.45) is 1.95. The number of imidazole rings is 2. The number of methoxy groups -OCH3 is 2. The van der Waals surface area contributed by atoms with Crippen molar-refractivity contribution in [2.75, 3.05) is 27.3 Å². The molecule has 3 N–H and O–H groups in total. The van der Waals surface area contributed by atoms with Gasteiger partial charge in [-0.25, -0.2) is 19.6 Å². The Morgan fingerprint density at radius 3 is 1.87 bits per heavy atom. The van der Waals surface area contributed by atoms with Gasteiger partial charge in [0, 0.05) is 31.3 Å². The van der Waals surface area contributed by atoms with Crippen LogP contribution in [0.5, 0.6) is 0 Å². The number of fused-ring (bicyclic) bond motifs is 2. The van der Waals surface area contributed by atoms with Crippen molar-refractivity contribution >= 4 is 46.1 Å². The fraction of sp³-hybridized carbons (Fsp3) is 0.487. The number of nitrogens with one attached hydrogen (secondary N) is 3. The van der Waals surface area contributed by atoms with Crippen molar-refractivity contribution in [3.63, 3.8) is 0 Å². The van der Waals surface area contributed by atoms with E-state index in [0.29, 0.717) is 18.9 Å². The van der Waals surface area contributed by atoms with Crippen molar-refractivity contribution in [1.82, 2.24) is 40.0 Å². The van der Waals surface area contributed by atoms with Gasteiger partial charge in [0.1, 0.15) is 23.7 Å². The second-order valence-corrected chi connectivity index (χ2v) is 14.4.